The Labute approximate surface area is 227 Å². The number of benzene rings is 2. The molecule has 210 valence electrons. The number of aryl methyl sites for hydroxylation is 1. The number of hydrogen-bond acceptors (Lipinski definition) is 8. The molecule has 4 rings (SSSR count). The minimum atomic E-state index is -0.658. The van der Waals surface area contributed by atoms with Gasteiger partial charge in [-0.25, -0.2) is 0 Å². The molecule has 2 aliphatic rings. The minimum Gasteiger partial charge on any atom is -0.490 e. The van der Waals surface area contributed by atoms with Gasteiger partial charge in [0.25, 0.3) is 0 Å². The molecule has 2 N–H and O–H groups in total. The molecule has 2 aliphatic heterocycles. The first kappa shape index (κ1) is 28.8. The van der Waals surface area contributed by atoms with Crippen LogP contribution in [0.25, 0.3) is 0 Å². The third kappa shape index (κ3) is 7.68. The highest BCUT2D eigenvalue weighted by molar-refractivity contribution is 5.61. The van der Waals surface area contributed by atoms with Crippen molar-refractivity contribution in [3.8, 4) is 5.75 Å². The van der Waals surface area contributed by atoms with Crippen molar-refractivity contribution in [2.75, 3.05) is 71.7 Å². The average Bonchev–Trinajstić information content (AvgIpc) is 2.95. The van der Waals surface area contributed by atoms with Crippen LogP contribution >= 0.6 is 0 Å². The zero-order chi connectivity index (χ0) is 26.7. The van der Waals surface area contributed by atoms with Crippen LogP contribution in [0.3, 0.4) is 0 Å². The summed E-state index contributed by atoms with van der Waals surface area (Å²) in [6.07, 6.45) is 1.12. The molecule has 8 nitrogen and oxygen atoms in total. The summed E-state index contributed by atoms with van der Waals surface area (Å²) in [4.78, 5) is 2.37. The van der Waals surface area contributed by atoms with Gasteiger partial charge in [0.05, 0.1) is 44.3 Å². The first-order chi connectivity index (χ1) is 18.6. The Morgan fingerprint density at radius 2 is 1.76 bits per heavy atom. The third-order valence-electron chi connectivity index (χ3n) is 7.35. The van der Waals surface area contributed by atoms with Gasteiger partial charge in [0, 0.05) is 46.4 Å². The van der Waals surface area contributed by atoms with Gasteiger partial charge < -0.3 is 39.0 Å². The molecular weight excluding hydrogens is 484 g/mol. The standard InChI is InChI=1S/C30H44N2O6/c1-4-22-6-9-24(10-7-22)30-28(17-31-18-29(30)38-21-25(33)20-35-3)37-19-23-8-11-27-26(16-23)32(13-15-36-27)12-5-14-34-2/h6-11,16,25,28-31,33H,4-5,12-15,17-21H2,1-3H3/t25?,28-,29+,30+/m0/s1. The maximum atomic E-state index is 10.2. The van der Waals surface area contributed by atoms with Gasteiger partial charge >= 0.3 is 0 Å². The van der Waals surface area contributed by atoms with Crippen molar-refractivity contribution in [3.63, 3.8) is 0 Å². The molecule has 0 aliphatic carbocycles. The van der Waals surface area contributed by atoms with Gasteiger partial charge in [0.2, 0.25) is 0 Å². The summed E-state index contributed by atoms with van der Waals surface area (Å²) in [5.41, 5.74) is 4.74. The molecule has 4 atom stereocenters. The summed E-state index contributed by atoms with van der Waals surface area (Å²) in [6, 6.07) is 15.1. The van der Waals surface area contributed by atoms with E-state index in [1.807, 2.05) is 0 Å². The number of nitrogens with zero attached hydrogens (tertiary/aromatic N) is 1. The summed E-state index contributed by atoms with van der Waals surface area (Å²) >= 11 is 0. The summed E-state index contributed by atoms with van der Waals surface area (Å²) < 4.78 is 29.1. The number of ether oxygens (including phenoxy) is 5. The molecule has 0 aromatic heterocycles. The second-order valence-corrected chi connectivity index (χ2v) is 10.1. The van der Waals surface area contributed by atoms with Gasteiger partial charge in [-0.05, 0) is 41.7 Å². The predicted octanol–water partition coefficient (Wildman–Crippen LogP) is 3.15. The van der Waals surface area contributed by atoms with Gasteiger partial charge in [0.1, 0.15) is 18.5 Å². The van der Waals surface area contributed by atoms with Crippen molar-refractivity contribution in [3.05, 3.63) is 59.2 Å². The molecule has 1 unspecified atom stereocenters. The van der Waals surface area contributed by atoms with Gasteiger partial charge in [-0.2, -0.15) is 0 Å². The number of piperidine rings is 1. The normalized spacial score (nSPS) is 22.1. The Morgan fingerprint density at radius 3 is 2.50 bits per heavy atom. The zero-order valence-electron chi connectivity index (χ0n) is 23.1. The zero-order valence-corrected chi connectivity index (χ0v) is 23.1. The molecule has 2 aromatic rings. The van der Waals surface area contributed by atoms with Crippen LogP contribution in [0.4, 0.5) is 5.69 Å². The first-order valence-corrected chi connectivity index (χ1v) is 13.8. The Hall–Kier alpha value is -2.20. The molecule has 0 saturated carbocycles. The number of anilines is 1. The molecule has 0 radical (unpaired) electrons. The third-order valence-corrected chi connectivity index (χ3v) is 7.35. The van der Waals surface area contributed by atoms with E-state index in [0.29, 0.717) is 19.8 Å². The largest absolute Gasteiger partial charge is 0.490 e. The molecular formula is C30H44N2O6. The Kier molecular flexibility index (Phi) is 11.2. The SMILES string of the molecule is CCc1ccc([C@@H]2[C@@H](OCc3ccc4c(c3)N(CCCOC)CCO4)CNC[C@H]2OCC(O)COC)cc1. The second-order valence-electron chi connectivity index (χ2n) is 10.1. The lowest BCUT2D eigenvalue weighted by molar-refractivity contribution is -0.0856. The van der Waals surface area contributed by atoms with E-state index in [0.717, 1.165) is 56.1 Å². The Morgan fingerprint density at radius 1 is 1.00 bits per heavy atom. The van der Waals surface area contributed by atoms with Gasteiger partial charge in [-0.15, -0.1) is 0 Å². The van der Waals surface area contributed by atoms with Crippen LogP contribution in [0, 0.1) is 0 Å². The van der Waals surface area contributed by atoms with Crippen LogP contribution in [-0.4, -0.2) is 90.2 Å². The summed E-state index contributed by atoms with van der Waals surface area (Å²) in [5.74, 6) is 0.970. The van der Waals surface area contributed by atoms with E-state index in [4.69, 9.17) is 23.7 Å². The summed E-state index contributed by atoms with van der Waals surface area (Å²) in [7, 11) is 3.32. The quantitative estimate of drug-likeness (QED) is 0.362. The van der Waals surface area contributed by atoms with Crippen molar-refractivity contribution < 1.29 is 28.8 Å². The monoisotopic (exact) mass is 528 g/mol. The van der Waals surface area contributed by atoms with Crippen molar-refractivity contribution in [1.82, 2.24) is 5.32 Å². The van der Waals surface area contributed by atoms with Crippen molar-refractivity contribution in [1.29, 1.82) is 0 Å². The second kappa shape index (κ2) is 14.8. The summed E-state index contributed by atoms with van der Waals surface area (Å²) in [5, 5.41) is 13.7. The van der Waals surface area contributed by atoms with Crippen molar-refractivity contribution >= 4 is 5.69 Å². The summed E-state index contributed by atoms with van der Waals surface area (Å²) in [6.45, 7) is 7.82. The molecule has 2 aromatic carbocycles. The fourth-order valence-corrected chi connectivity index (χ4v) is 5.31. The lowest BCUT2D eigenvalue weighted by Crippen LogP contribution is -2.51. The topological polar surface area (TPSA) is 81.7 Å². The van der Waals surface area contributed by atoms with E-state index >= 15 is 0 Å². The van der Waals surface area contributed by atoms with E-state index in [2.05, 4.69) is 59.6 Å². The fraction of sp³-hybridized carbons (Fsp3) is 0.600. The predicted molar refractivity (Wildman–Crippen MR) is 148 cm³/mol. The number of hydrogen-bond donors (Lipinski definition) is 2. The van der Waals surface area contributed by atoms with Crippen LogP contribution in [0.15, 0.2) is 42.5 Å². The first-order valence-electron chi connectivity index (χ1n) is 13.8. The van der Waals surface area contributed by atoms with Crippen LogP contribution in [0.2, 0.25) is 0 Å². The number of fused-ring (bicyclic) bond motifs is 1. The van der Waals surface area contributed by atoms with E-state index in [1.54, 1.807) is 14.2 Å². The number of methoxy groups -OCH3 is 2. The maximum Gasteiger partial charge on any atom is 0.142 e. The maximum absolute atomic E-state index is 10.2. The number of nitrogens with one attached hydrogen (secondary N) is 1. The molecule has 0 spiro atoms. The van der Waals surface area contributed by atoms with E-state index in [9.17, 15) is 5.11 Å². The van der Waals surface area contributed by atoms with Gasteiger partial charge in [-0.3, -0.25) is 0 Å². The van der Waals surface area contributed by atoms with Crippen LogP contribution < -0.4 is 15.0 Å². The van der Waals surface area contributed by atoms with Crippen LogP contribution in [0.5, 0.6) is 5.75 Å². The Bertz CT molecular complexity index is 972. The number of aliphatic hydroxyl groups excluding tert-OH is 1. The minimum absolute atomic E-state index is 0.0448. The van der Waals surface area contributed by atoms with Gasteiger partial charge in [-0.1, -0.05) is 37.3 Å². The molecule has 2 heterocycles. The van der Waals surface area contributed by atoms with E-state index in [-0.39, 0.29) is 31.3 Å². The molecule has 1 fully saturated rings. The highest BCUT2D eigenvalue weighted by Crippen LogP contribution is 2.34. The molecule has 8 heteroatoms. The highest BCUT2D eigenvalue weighted by Gasteiger charge is 2.36. The lowest BCUT2D eigenvalue weighted by Gasteiger charge is -2.39. The number of aliphatic hydroxyl groups is 1. The van der Waals surface area contributed by atoms with E-state index in [1.165, 1.54) is 11.1 Å². The molecule has 0 bridgehead atoms. The lowest BCUT2D eigenvalue weighted by atomic mass is 9.84. The van der Waals surface area contributed by atoms with Crippen molar-refractivity contribution in [2.24, 2.45) is 0 Å². The fourth-order valence-electron chi connectivity index (χ4n) is 5.31. The average molecular weight is 529 g/mol. The van der Waals surface area contributed by atoms with Crippen LogP contribution in [0.1, 0.15) is 36.0 Å². The van der Waals surface area contributed by atoms with Crippen LogP contribution in [-0.2, 0) is 32.0 Å². The van der Waals surface area contributed by atoms with Gasteiger partial charge in [0.15, 0.2) is 0 Å². The molecule has 1 saturated heterocycles. The Balaban J connectivity index is 1.47. The molecule has 38 heavy (non-hydrogen) atoms. The van der Waals surface area contributed by atoms with E-state index < -0.39 is 6.10 Å². The van der Waals surface area contributed by atoms with Crippen molar-refractivity contribution in [2.45, 2.75) is 50.6 Å². The molecule has 0 amide bonds. The number of rotatable bonds is 14. The highest BCUT2D eigenvalue weighted by atomic mass is 16.5. The smallest absolute Gasteiger partial charge is 0.142 e.